The van der Waals surface area contributed by atoms with Gasteiger partial charge in [0.2, 0.25) is 5.91 Å². The number of hydrogen-bond donors (Lipinski definition) is 1. The molecule has 0 bridgehead atoms. The average molecular weight is 363 g/mol. The van der Waals surface area contributed by atoms with Crippen LogP contribution in [-0.4, -0.2) is 58.3 Å². The van der Waals surface area contributed by atoms with Crippen LogP contribution in [0.25, 0.3) is 0 Å². The van der Waals surface area contributed by atoms with E-state index in [9.17, 15) is 13.2 Å². The van der Waals surface area contributed by atoms with Gasteiger partial charge in [-0.3, -0.25) is 4.79 Å². The molecule has 0 aromatic heterocycles. The van der Waals surface area contributed by atoms with Gasteiger partial charge in [0.05, 0.1) is 11.5 Å². The van der Waals surface area contributed by atoms with E-state index in [4.69, 9.17) is 4.74 Å². The lowest BCUT2D eigenvalue weighted by Crippen LogP contribution is -2.46. The van der Waals surface area contributed by atoms with E-state index in [0.29, 0.717) is 25.2 Å². The highest BCUT2D eigenvalue weighted by molar-refractivity contribution is 7.90. The third kappa shape index (κ3) is 6.37. The Balaban J connectivity index is 0.00000264. The molecule has 6 nitrogen and oxygen atoms in total. The molecule has 1 aromatic rings. The fourth-order valence-electron chi connectivity index (χ4n) is 2.27. The van der Waals surface area contributed by atoms with Crippen LogP contribution >= 0.6 is 12.4 Å². The van der Waals surface area contributed by atoms with Crippen molar-refractivity contribution in [3.8, 4) is 5.75 Å². The largest absolute Gasteiger partial charge is 0.494 e. The zero-order valence-electron chi connectivity index (χ0n) is 13.2. The lowest BCUT2D eigenvalue weighted by atomic mass is 10.2. The second kappa shape index (κ2) is 9.10. The van der Waals surface area contributed by atoms with Crippen molar-refractivity contribution in [1.29, 1.82) is 0 Å². The van der Waals surface area contributed by atoms with Crippen LogP contribution in [-0.2, 0) is 14.6 Å². The number of carbonyl (C=O) groups excluding carboxylic acids is 1. The van der Waals surface area contributed by atoms with E-state index < -0.39 is 9.84 Å². The summed E-state index contributed by atoms with van der Waals surface area (Å²) < 4.78 is 28.2. The molecule has 0 unspecified atom stereocenters. The Kier molecular flexibility index (Phi) is 7.81. The molecule has 2 rings (SSSR count). The molecule has 1 N–H and O–H groups in total. The maximum Gasteiger partial charge on any atom is 0.222 e. The number of amides is 1. The monoisotopic (exact) mass is 362 g/mol. The van der Waals surface area contributed by atoms with Crippen molar-refractivity contribution < 1.29 is 17.9 Å². The molecule has 0 aliphatic carbocycles. The molecule has 23 heavy (non-hydrogen) atoms. The Bertz CT molecular complexity index is 598. The number of nitrogens with one attached hydrogen (secondary N) is 1. The van der Waals surface area contributed by atoms with Crippen molar-refractivity contribution in [2.24, 2.45) is 0 Å². The van der Waals surface area contributed by atoms with Gasteiger partial charge in [-0.1, -0.05) is 0 Å². The first-order valence-electron chi connectivity index (χ1n) is 7.38. The van der Waals surface area contributed by atoms with E-state index in [-0.39, 0.29) is 23.2 Å². The normalized spacial score (nSPS) is 14.9. The summed E-state index contributed by atoms with van der Waals surface area (Å²) in [7, 11) is -3.18. The Hall–Kier alpha value is -1.31. The van der Waals surface area contributed by atoms with Crippen LogP contribution in [0.4, 0.5) is 0 Å². The number of carbonyl (C=O) groups is 1. The molecule has 1 heterocycles. The zero-order chi connectivity index (χ0) is 16.0. The SMILES string of the molecule is CS(=O)(=O)c1ccc(OCCCC(=O)N2CCNCC2)cc1.Cl. The van der Waals surface area contributed by atoms with E-state index in [1.165, 1.54) is 18.4 Å². The third-order valence-electron chi connectivity index (χ3n) is 3.53. The maximum absolute atomic E-state index is 11.9. The minimum absolute atomic E-state index is 0. The molecule has 130 valence electrons. The van der Waals surface area contributed by atoms with E-state index in [1.807, 2.05) is 4.90 Å². The number of benzene rings is 1. The summed E-state index contributed by atoms with van der Waals surface area (Å²) in [6.07, 6.45) is 2.29. The molecule has 1 aliphatic heterocycles. The second-order valence-corrected chi connectivity index (χ2v) is 7.34. The number of hydrogen-bond acceptors (Lipinski definition) is 5. The van der Waals surface area contributed by atoms with E-state index in [2.05, 4.69) is 5.32 Å². The van der Waals surface area contributed by atoms with Crippen molar-refractivity contribution in [3.05, 3.63) is 24.3 Å². The Morgan fingerprint density at radius 1 is 1.22 bits per heavy atom. The average Bonchev–Trinajstić information content (AvgIpc) is 2.52. The highest BCUT2D eigenvalue weighted by Gasteiger charge is 2.15. The Labute approximate surface area is 143 Å². The van der Waals surface area contributed by atoms with Crippen LogP contribution in [0, 0.1) is 0 Å². The molecule has 1 fully saturated rings. The van der Waals surface area contributed by atoms with Crippen LogP contribution in [0.5, 0.6) is 5.75 Å². The van der Waals surface area contributed by atoms with Crippen LogP contribution in [0.2, 0.25) is 0 Å². The molecular formula is C15H23ClN2O4S. The molecule has 0 radical (unpaired) electrons. The molecule has 1 saturated heterocycles. The molecule has 8 heteroatoms. The molecule has 1 aromatic carbocycles. The van der Waals surface area contributed by atoms with Crippen molar-refractivity contribution in [1.82, 2.24) is 10.2 Å². The minimum atomic E-state index is -3.18. The van der Waals surface area contributed by atoms with E-state index in [0.717, 1.165) is 26.2 Å². The first-order chi connectivity index (χ1) is 10.5. The summed E-state index contributed by atoms with van der Waals surface area (Å²) >= 11 is 0. The lowest BCUT2D eigenvalue weighted by molar-refractivity contribution is -0.132. The number of rotatable bonds is 6. The predicted octanol–water partition coefficient (Wildman–Crippen LogP) is 1.10. The van der Waals surface area contributed by atoms with Crippen LogP contribution in [0.1, 0.15) is 12.8 Å². The third-order valence-corrected chi connectivity index (χ3v) is 4.65. The molecule has 0 saturated carbocycles. The minimum Gasteiger partial charge on any atom is -0.494 e. The van der Waals surface area contributed by atoms with E-state index in [1.54, 1.807) is 12.1 Å². The number of halogens is 1. The second-order valence-electron chi connectivity index (χ2n) is 5.33. The number of nitrogens with zero attached hydrogens (tertiary/aromatic N) is 1. The standard InChI is InChI=1S/C15H22N2O4S.ClH/c1-22(19,20)14-6-4-13(5-7-14)21-12-2-3-15(18)17-10-8-16-9-11-17;/h4-7,16H,2-3,8-12H2,1H3;1H. The first-order valence-corrected chi connectivity index (χ1v) is 9.27. The highest BCUT2D eigenvalue weighted by atomic mass is 35.5. The fraction of sp³-hybridized carbons (Fsp3) is 0.533. The van der Waals surface area contributed by atoms with Crippen molar-refractivity contribution in [2.75, 3.05) is 39.0 Å². The van der Waals surface area contributed by atoms with Gasteiger partial charge in [0, 0.05) is 38.9 Å². The Morgan fingerprint density at radius 2 is 1.83 bits per heavy atom. The molecular weight excluding hydrogens is 340 g/mol. The molecule has 1 amide bonds. The van der Waals surface area contributed by atoms with Crippen LogP contribution in [0.15, 0.2) is 29.2 Å². The van der Waals surface area contributed by atoms with Gasteiger partial charge >= 0.3 is 0 Å². The van der Waals surface area contributed by atoms with Gasteiger partial charge in [-0.2, -0.15) is 0 Å². The Morgan fingerprint density at radius 3 is 2.39 bits per heavy atom. The fourth-order valence-corrected chi connectivity index (χ4v) is 2.90. The smallest absolute Gasteiger partial charge is 0.222 e. The quantitative estimate of drug-likeness (QED) is 0.767. The van der Waals surface area contributed by atoms with E-state index >= 15 is 0 Å². The van der Waals surface area contributed by atoms with Crippen molar-refractivity contribution in [3.63, 3.8) is 0 Å². The highest BCUT2D eigenvalue weighted by Crippen LogP contribution is 2.16. The van der Waals surface area contributed by atoms with Gasteiger partial charge in [0.25, 0.3) is 0 Å². The first kappa shape index (κ1) is 19.7. The van der Waals surface area contributed by atoms with Crippen LogP contribution in [0.3, 0.4) is 0 Å². The summed E-state index contributed by atoms with van der Waals surface area (Å²) in [6.45, 7) is 3.69. The molecule has 0 spiro atoms. The van der Waals surface area contributed by atoms with Gasteiger partial charge < -0.3 is 15.0 Å². The zero-order valence-corrected chi connectivity index (χ0v) is 14.8. The predicted molar refractivity (Wildman–Crippen MR) is 91.0 cm³/mol. The lowest BCUT2D eigenvalue weighted by Gasteiger charge is -2.27. The van der Waals surface area contributed by atoms with Crippen LogP contribution < -0.4 is 10.1 Å². The molecule has 0 atom stereocenters. The number of piperazine rings is 1. The summed E-state index contributed by atoms with van der Waals surface area (Å²) in [5.41, 5.74) is 0. The summed E-state index contributed by atoms with van der Waals surface area (Å²) in [5, 5.41) is 3.21. The summed E-state index contributed by atoms with van der Waals surface area (Å²) in [4.78, 5) is 14.1. The van der Waals surface area contributed by atoms with Gasteiger partial charge in [-0.25, -0.2) is 8.42 Å². The van der Waals surface area contributed by atoms with Gasteiger partial charge in [0.15, 0.2) is 9.84 Å². The maximum atomic E-state index is 11.9. The van der Waals surface area contributed by atoms with Gasteiger partial charge in [0.1, 0.15) is 5.75 Å². The van der Waals surface area contributed by atoms with Gasteiger partial charge in [-0.15, -0.1) is 12.4 Å². The summed E-state index contributed by atoms with van der Waals surface area (Å²) in [6, 6.07) is 6.32. The van der Waals surface area contributed by atoms with Crippen molar-refractivity contribution >= 4 is 28.2 Å². The van der Waals surface area contributed by atoms with Gasteiger partial charge in [-0.05, 0) is 30.7 Å². The number of sulfone groups is 1. The van der Waals surface area contributed by atoms with Crippen molar-refractivity contribution in [2.45, 2.75) is 17.7 Å². The summed E-state index contributed by atoms with van der Waals surface area (Å²) in [5.74, 6) is 0.777. The number of ether oxygens (including phenoxy) is 1. The molecule has 1 aliphatic rings. The topological polar surface area (TPSA) is 75.7 Å².